The molecule has 1 aliphatic carbocycles. The van der Waals surface area contributed by atoms with E-state index in [0.717, 1.165) is 13.0 Å². The smallest absolute Gasteiger partial charge is 0.426 e. The highest BCUT2D eigenvalue weighted by atomic mass is 16.4. The molecule has 2 fully saturated rings. The number of nitrogens with one attached hydrogen (secondary N) is 2. The zero-order valence-electron chi connectivity index (χ0n) is 13.7. The van der Waals surface area contributed by atoms with Crippen molar-refractivity contribution in [3.05, 3.63) is 0 Å². The van der Waals surface area contributed by atoms with Gasteiger partial charge in [0, 0.05) is 6.54 Å². The van der Waals surface area contributed by atoms with E-state index < -0.39 is 13.2 Å². The molecule has 0 aromatic carbocycles. The van der Waals surface area contributed by atoms with E-state index in [4.69, 9.17) is 10.0 Å². The van der Waals surface area contributed by atoms with Crippen LogP contribution in [-0.2, 0) is 9.59 Å². The highest BCUT2D eigenvalue weighted by Gasteiger charge is 2.34. The van der Waals surface area contributed by atoms with Gasteiger partial charge in [0.15, 0.2) is 0 Å². The van der Waals surface area contributed by atoms with Crippen LogP contribution in [0.2, 0.25) is 0 Å². The molecule has 1 saturated heterocycles. The summed E-state index contributed by atoms with van der Waals surface area (Å²) in [6.45, 7) is 1.72. The monoisotopic (exact) mass is 325 g/mol. The number of hydrogen-bond acceptors (Lipinski definition) is 5. The van der Waals surface area contributed by atoms with Crippen LogP contribution in [0.15, 0.2) is 0 Å². The van der Waals surface area contributed by atoms with Gasteiger partial charge in [-0.3, -0.25) is 9.59 Å². The van der Waals surface area contributed by atoms with Crippen molar-refractivity contribution >= 4 is 18.9 Å². The molecule has 4 N–H and O–H groups in total. The fourth-order valence-corrected chi connectivity index (χ4v) is 3.52. The van der Waals surface area contributed by atoms with Gasteiger partial charge in [-0.2, -0.15) is 0 Å². The minimum atomic E-state index is -1.57. The highest BCUT2D eigenvalue weighted by Crippen LogP contribution is 2.22. The summed E-state index contributed by atoms with van der Waals surface area (Å²) >= 11 is 0. The quantitative estimate of drug-likeness (QED) is 0.463. The van der Waals surface area contributed by atoms with Crippen LogP contribution in [0.3, 0.4) is 0 Å². The maximum Gasteiger partial charge on any atom is 0.472 e. The van der Waals surface area contributed by atoms with E-state index in [1.54, 1.807) is 4.90 Å². The molecule has 7 nitrogen and oxygen atoms in total. The van der Waals surface area contributed by atoms with Crippen molar-refractivity contribution in [2.24, 2.45) is 5.92 Å². The molecule has 0 bridgehead atoms. The number of nitrogens with zero attached hydrogens (tertiary/aromatic N) is 1. The second kappa shape index (κ2) is 9.25. The SMILES string of the molecule is O=C(NCB(O)O)C1CCCN1C(=O)CNCC1CCCCC1. The summed E-state index contributed by atoms with van der Waals surface area (Å²) in [6.07, 6.45) is 7.57. The topological polar surface area (TPSA) is 102 Å². The summed E-state index contributed by atoms with van der Waals surface area (Å²) in [5.74, 6) is 0.305. The summed E-state index contributed by atoms with van der Waals surface area (Å²) in [5.41, 5.74) is 0. The van der Waals surface area contributed by atoms with Gasteiger partial charge in [0.2, 0.25) is 11.8 Å². The van der Waals surface area contributed by atoms with E-state index in [1.807, 2.05) is 0 Å². The number of rotatable bonds is 7. The van der Waals surface area contributed by atoms with E-state index in [0.29, 0.717) is 18.9 Å². The molecule has 2 aliphatic rings. The maximum atomic E-state index is 12.3. The van der Waals surface area contributed by atoms with E-state index >= 15 is 0 Å². The van der Waals surface area contributed by atoms with Gasteiger partial charge in [-0.15, -0.1) is 0 Å². The summed E-state index contributed by atoms with van der Waals surface area (Å²) in [7, 11) is -1.57. The second-order valence-electron chi connectivity index (χ2n) is 6.61. The Balaban J connectivity index is 1.72. The first kappa shape index (κ1) is 18.2. The van der Waals surface area contributed by atoms with Crippen LogP contribution in [0.1, 0.15) is 44.9 Å². The lowest BCUT2D eigenvalue weighted by atomic mass is 9.89. The Morgan fingerprint density at radius 1 is 1.09 bits per heavy atom. The summed E-state index contributed by atoms with van der Waals surface area (Å²) in [5, 5.41) is 23.3. The Labute approximate surface area is 138 Å². The van der Waals surface area contributed by atoms with Crippen molar-refractivity contribution in [3.8, 4) is 0 Å². The highest BCUT2D eigenvalue weighted by molar-refractivity contribution is 6.41. The largest absolute Gasteiger partial charge is 0.472 e. The number of amides is 2. The second-order valence-corrected chi connectivity index (χ2v) is 6.61. The summed E-state index contributed by atoms with van der Waals surface area (Å²) in [4.78, 5) is 26.0. The van der Waals surface area contributed by atoms with E-state index in [1.165, 1.54) is 32.1 Å². The van der Waals surface area contributed by atoms with Gasteiger partial charge in [0.1, 0.15) is 6.04 Å². The van der Waals surface area contributed by atoms with E-state index in [-0.39, 0.29) is 24.8 Å². The molecule has 0 radical (unpaired) electrons. The Bertz CT molecular complexity index is 402. The lowest BCUT2D eigenvalue weighted by Crippen LogP contribution is -2.50. The Hall–Kier alpha value is -1.12. The number of hydrogen-bond donors (Lipinski definition) is 4. The van der Waals surface area contributed by atoms with Crippen LogP contribution in [0.4, 0.5) is 0 Å². The van der Waals surface area contributed by atoms with Crippen LogP contribution in [0.5, 0.6) is 0 Å². The Morgan fingerprint density at radius 3 is 2.52 bits per heavy atom. The van der Waals surface area contributed by atoms with Crippen LogP contribution in [0, 0.1) is 5.92 Å². The van der Waals surface area contributed by atoms with Crippen molar-refractivity contribution < 1.29 is 19.6 Å². The van der Waals surface area contributed by atoms with Gasteiger partial charge >= 0.3 is 7.12 Å². The molecule has 1 atom stereocenters. The third-order valence-electron chi connectivity index (χ3n) is 4.77. The average molecular weight is 325 g/mol. The zero-order valence-corrected chi connectivity index (χ0v) is 13.7. The normalized spacial score (nSPS) is 22.2. The van der Waals surface area contributed by atoms with E-state index in [2.05, 4.69) is 10.6 Å². The van der Waals surface area contributed by atoms with Gasteiger partial charge in [0.25, 0.3) is 0 Å². The van der Waals surface area contributed by atoms with Crippen LogP contribution < -0.4 is 10.6 Å². The molecule has 0 aromatic rings. The first-order valence-corrected chi connectivity index (χ1v) is 8.72. The van der Waals surface area contributed by atoms with Gasteiger partial charge in [0.05, 0.1) is 13.0 Å². The molecule has 0 aromatic heterocycles. The third-order valence-corrected chi connectivity index (χ3v) is 4.77. The fraction of sp³-hybridized carbons (Fsp3) is 0.867. The molecule has 130 valence electrons. The van der Waals surface area contributed by atoms with Crippen molar-refractivity contribution in [3.63, 3.8) is 0 Å². The summed E-state index contributed by atoms with van der Waals surface area (Å²) in [6, 6.07) is -0.488. The Morgan fingerprint density at radius 2 is 1.83 bits per heavy atom. The predicted octanol–water partition coefficient (Wildman–Crippen LogP) is -0.724. The first-order valence-electron chi connectivity index (χ1n) is 8.72. The predicted molar refractivity (Wildman–Crippen MR) is 87.4 cm³/mol. The van der Waals surface area contributed by atoms with Crippen molar-refractivity contribution in [1.29, 1.82) is 0 Å². The Kier molecular flexibility index (Phi) is 7.33. The van der Waals surface area contributed by atoms with Crippen LogP contribution >= 0.6 is 0 Å². The average Bonchev–Trinajstić information content (AvgIpc) is 3.03. The molecule has 1 unspecified atom stereocenters. The van der Waals surface area contributed by atoms with Crippen molar-refractivity contribution in [1.82, 2.24) is 15.5 Å². The van der Waals surface area contributed by atoms with Gasteiger partial charge < -0.3 is 25.6 Å². The molecule has 2 amide bonds. The molecule has 1 saturated carbocycles. The number of likely N-dealkylation sites (tertiary alicyclic amines) is 1. The summed E-state index contributed by atoms with van der Waals surface area (Å²) < 4.78 is 0. The molecule has 1 heterocycles. The molecule has 0 spiro atoms. The molecular formula is C15H28BN3O4. The zero-order chi connectivity index (χ0) is 16.7. The van der Waals surface area contributed by atoms with Gasteiger partial charge in [-0.05, 0) is 38.1 Å². The first-order chi connectivity index (χ1) is 11.1. The lowest BCUT2D eigenvalue weighted by Gasteiger charge is -2.25. The van der Waals surface area contributed by atoms with Crippen molar-refractivity contribution in [2.45, 2.75) is 51.0 Å². The molecule has 2 rings (SSSR count). The van der Waals surface area contributed by atoms with Crippen molar-refractivity contribution in [2.75, 3.05) is 26.1 Å². The lowest BCUT2D eigenvalue weighted by molar-refractivity contribution is -0.137. The van der Waals surface area contributed by atoms with Crippen LogP contribution in [-0.4, -0.2) is 66.0 Å². The molecular weight excluding hydrogens is 297 g/mol. The molecule has 1 aliphatic heterocycles. The maximum absolute atomic E-state index is 12.3. The van der Waals surface area contributed by atoms with Gasteiger partial charge in [-0.1, -0.05) is 19.3 Å². The fourth-order valence-electron chi connectivity index (χ4n) is 3.52. The standard InChI is InChI=1S/C15H28BN3O4/c20-14(10-17-9-12-5-2-1-3-6-12)19-8-4-7-13(19)15(21)18-11-16(22)23/h12-13,17,22-23H,1-11H2,(H,18,21). The number of carbonyl (C=O) groups excluding carboxylic acids is 2. The molecule has 23 heavy (non-hydrogen) atoms. The molecule has 8 heteroatoms. The number of carbonyl (C=O) groups is 2. The van der Waals surface area contributed by atoms with E-state index in [9.17, 15) is 9.59 Å². The van der Waals surface area contributed by atoms with Gasteiger partial charge in [-0.25, -0.2) is 0 Å². The van der Waals surface area contributed by atoms with Crippen LogP contribution in [0.25, 0.3) is 0 Å². The minimum absolute atomic E-state index is 0.0528. The third kappa shape index (κ3) is 5.78. The minimum Gasteiger partial charge on any atom is -0.426 e.